The van der Waals surface area contributed by atoms with Crippen LogP contribution in [-0.2, 0) is 22.6 Å². The van der Waals surface area contributed by atoms with Crippen LogP contribution in [0.2, 0.25) is 0 Å². The zero-order chi connectivity index (χ0) is 22.8. The van der Waals surface area contributed by atoms with E-state index >= 15 is 0 Å². The number of carboxylic acid groups (broad SMARTS) is 2. The van der Waals surface area contributed by atoms with Crippen LogP contribution in [0.25, 0.3) is 0 Å². The van der Waals surface area contributed by atoms with E-state index in [0.29, 0.717) is 0 Å². The first-order valence-electron chi connectivity index (χ1n) is 10.0. The molecule has 166 valence electrons. The van der Waals surface area contributed by atoms with Gasteiger partial charge in [0.25, 0.3) is 5.91 Å². The molecule has 0 atom stereocenters. The molecule has 0 aliphatic carbocycles. The molecule has 0 aromatic heterocycles. The van der Waals surface area contributed by atoms with Crippen molar-refractivity contribution in [1.82, 2.24) is 9.80 Å². The van der Waals surface area contributed by atoms with Crippen molar-refractivity contribution in [3.8, 4) is 5.75 Å². The smallest absolute Gasteiger partial charge is 0.414 e. The Bertz CT molecular complexity index is 860. The highest BCUT2D eigenvalue weighted by Crippen LogP contribution is 2.15. The highest BCUT2D eigenvalue weighted by atomic mass is 16.5. The summed E-state index contributed by atoms with van der Waals surface area (Å²) < 4.78 is 5.15. The van der Waals surface area contributed by atoms with E-state index in [1.165, 1.54) is 11.1 Å². The van der Waals surface area contributed by atoms with Crippen LogP contribution in [0, 0.1) is 0 Å². The fraction of sp³-hybridized carbons (Fsp3) is 0.348. The molecule has 0 unspecified atom stereocenters. The molecule has 31 heavy (non-hydrogen) atoms. The number of piperazine rings is 1. The van der Waals surface area contributed by atoms with Crippen LogP contribution in [0.3, 0.4) is 0 Å². The van der Waals surface area contributed by atoms with Crippen molar-refractivity contribution in [2.24, 2.45) is 0 Å². The predicted molar refractivity (Wildman–Crippen MR) is 115 cm³/mol. The molecular formula is C23H28N2O6. The molecule has 2 aromatic rings. The molecule has 8 heteroatoms. The van der Waals surface area contributed by atoms with Gasteiger partial charge in [0, 0.05) is 38.3 Å². The van der Waals surface area contributed by atoms with E-state index in [9.17, 15) is 4.79 Å². The number of carbonyl (C=O) groups is 3. The number of rotatable bonds is 5. The van der Waals surface area contributed by atoms with E-state index in [4.69, 9.17) is 24.5 Å². The first-order valence-corrected chi connectivity index (χ1v) is 10.0. The quantitative estimate of drug-likeness (QED) is 0.704. The molecule has 1 fully saturated rings. The molecule has 8 nitrogen and oxygen atoms in total. The Morgan fingerprint density at radius 1 is 0.839 bits per heavy atom. The lowest BCUT2D eigenvalue weighted by Gasteiger charge is -2.34. The summed E-state index contributed by atoms with van der Waals surface area (Å²) in [6.45, 7) is 6.51. The van der Waals surface area contributed by atoms with Crippen LogP contribution < -0.4 is 4.74 Å². The fourth-order valence-electron chi connectivity index (χ4n) is 3.16. The van der Waals surface area contributed by atoms with E-state index in [0.717, 1.165) is 50.5 Å². The summed E-state index contributed by atoms with van der Waals surface area (Å²) in [6.07, 6.45) is 1.08. The zero-order valence-corrected chi connectivity index (χ0v) is 17.8. The van der Waals surface area contributed by atoms with Crippen LogP contribution >= 0.6 is 0 Å². The van der Waals surface area contributed by atoms with E-state index in [2.05, 4.69) is 36.1 Å². The molecule has 2 aromatic carbocycles. The molecule has 1 aliphatic heterocycles. The van der Waals surface area contributed by atoms with E-state index in [1.54, 1.807) is 7.11 Å². The third-order valence-corrected chi connectivity index (χ3v) is 5.02. The van der Waals surface area contributed by atoms with Gasteiger partial charge in [-0.05, 0) is 41.8 Å². The number of hydrogen-bond acceptors (Lipinski definition) is 5. The normalized spacial score (nSPS) is 13.7. The van der Waals surface area contributed by atoms with Crippen molar-refractivity contribution >= 4 is 17.8 Å². The Labute approximate surface area is 181 Å². The first kappa shape index (κ1) is 23.9. The summed E-state index contributed by atoms with van der Waals surface area (Å²) in [5, 5.41) is 14.8. The number of amides is 1. The van der Waals surface area contributed by atoms with Gasteiger partial charge in [0.05, 0.1) is 7.11 Å². The van der Waals surface area contributed by atoms with Crippen LogP contribution in [0.5, 0.6) is 5.75 Å². The minimum Gasteiger partial charge on any atom is -0.497 e. The predicted octanol–water partition coefficient (Wildman–Crippen LogP) is 2.37. The lowest BCUT2D eigenvalue weighted by atomic mass is 10.1. The minimum absolute atomic E-state index is 0.106. The molecule has 0 radical (unpaired) electrons. The number of methoxy groups -OCH3 is 1. The topological polar surface area (TPSA) is 107 Å². The second-order valence-corrected chi connectivity index (χ2v) is 7.08. The molecule has 0 bridgehead atoms. The van der Waals surface area contributed by atoms with Gasteiger partial charge in [-0.1, -0.05) is 31.2 Å². The number of nitrogens with zero attached hydrogens (tertiary/aromatic N) is 2. The van der Waals surface area contributed by atoms with Crippen molar-refractivity contribution in [3.63, 3.8) is 0 Å². The molecular weight excluding hydrogens is 400 g/mol. The number of benzene rings is 2. The number of hydrogen-bond donors (Lipinski definition) is 2. The highest BCUT2D eigenvalue weighted by molar-refractivity contribution is 6.27. The Morgan fingerprint density at radius 2 is 1.35 bits per heavy atom. The van der Waals surface area contributed by atoms with Gasteiger partial charge in [0.2, 0.25) is 0 Å². The SMILES string of the molecule is CCc1ccc(CN2CCN(C(=O)c3ccc(OC)cc3)CC2)cc1.O=C(O)C(=O)O. The van der Waals surface area contributed by atoms with Gasteiger partial charge in [-0.15, -0.1) is 0 Å². The Kier molecular flexibility index (Phi) is 9.02. The maximum absolute atomic E-state index is 12.6. The van der Waals surface area contributed by atoms with Crippen molar-refractivity contribution in [2.75, 3.05) is 33.3 Å². The third-order valence-electron chi connectivity index (χ3n) is 5.02. The van der Waals surface area contributed by atoms with Crippen molar-refractivity contribution in [1.29, 1.82) is 0 Å². The Morgan fingerprint density at radius 3 is 1.81 bits per heavy atom. The van der Waals surface area contributed by atoms with Crippen molar-refractivity contribution in [3.05, 3.63) is 65.2 Å². The van der Waals surface area contributed by atoms with Crippen LogP contribution in [0.4, 0.5) is 0 Å². The van der Waals surface area contributed by atoms with Crippen LogP contribution in [-0.4, -0.2) is 71.1 Å². The average molecular weight is 428 g/mol. The maximum Gasteiger partial charge on any atom is 0.414 e. The molecule has 2 N–H and O–H groups in total. The largest absolute Gasteiger partial charge is 0.497 e. The lowest BCUT2D eigenvalue weighted by Crippen LogP contribution is -2.48. The highest BCUT2D eigenvalue weighted by Gasteiger charge is 2.22. The summed E-state index contributed by atoms with van der Waals surface area (Å²) in [5.41, 5.74) is 3.44. The van der Waals surface area contributed by atoms with Crippen molar-refractivity contribution in [2.45, 2.75) is 19.9 Å². The third kappa shape index (κ3) is 7.42. The van der Waals surface area contributed by atoms with E-state index in [1.807, 2.05) is 29.2 Å². The van der Waals surface area contributed by atoms with Gasteiger partial charge in [0.15, 0.2) is 0 Å². The molecule has 0 saturated carbocycles. The van der Waals surface area contributed by atoms with Crippen LogP contribution in [0.1, 0.15) is 28.4 Å². The Hall–Kier alpha value is -3.39. The lowest BCUT2D eigenvalue weighted by molar-refractivity contribution is -0.159. The molecule has 1 heterocycles. The van der Waals surface area contributed by atoms with Gasteiger partial charge in [0.1, 0.15) is 5.75 Å². The molecule has 1 saturated heterocycles. The zero-order valence-electron chi connectivity index (χ0n) is 17.8. The van der Waals surface area contributed by atoms with Gasteiger partial charge in [-0.2, -0.15) is 0 Å². The fourth-order valence-corrected chi connectivity index (χ4v) is 3.16. The van der Waals surface area contributed by atoms with E-state index < -0.39 is 11.9 Å². The summed E-state index contributed by atoms with van der Waals surface area (Å²) >= 11 is 0. The molecule has 3 rings (SSSR count). The number of aryl methyl sites for hydroxylation is 1. The summed E-state index contributed by atoms with van der Waals surface area (Å²) in [5.74, 6) is -2.77. The summed E-state index contributed by atoms with van der Waals surface area (Å²) in [4.78, 5) is 35.2. The molecule has 1 amide bonds. The van der Waals surface area contributed by atoms with E-state index in [-0.39, 0.29) is 5.91 Å². The molecule has 0 spiro atoms. The van der Waals surface area contributed by atoms with Gasteiger partial charge in [-0.3, -0.25) is 9.69 Å². The summed E-state index contributed by atoms with van der Waals surface area (Å²) in [6, 6.07) is 16.2. The standard InChI is InChI=1S/C21H26N2O2.C2H2O4/c1-3-17-4-6-18(7-5-17)16-22-12-14-23(15-13-22)21(24)19-8-10-20(25-2)11-9-19;3-1(4)2(5)6/h4-11H,3,12-16H2,1-2H3;(H,3,4)(H,5,6). The van der Waals surface area contributed by atoms with Crippen molar-refractivity contribution < 1.29 is 29.3 Å². The minimum atomic E-state index is -1.82. The Balaban J connectivity index is 0.000000501. The second-order valence-electron chi connectivity index (χ2n) is 7.08. The average Bonchev–Trinajstić information content (AvgIpc) is 2.80. The monoisotopic (exact) mass is 428 g/mol. The first-order chi connectivity index (χ1) is 14.8. The van der Waals surface area contributed by atoms with Crippen LogP contribution in [0.15, 0.2) is 48.5 Å². The van der Waals surface area contributed by atoms with Gasteiger partial charge in [-0.25, -0.2) is 9.59 Å². The number of carbonyl (C=O) groups excluding carboxylic acids is 1. The van der Waals surface area contributed by atoms with Gasteiger partial charge < -0.3 is 19.8 Å². The maximum atomic E-state index is 12.6. The number of ether oxygens (including phenoxy) is 1. The summed E-state index contributed by atoms with van der Waals surface area (Å²) in [7, 11) is 1.63. The number of aliphatic carboxylic acids is 2. The number of carboxylic acids is 2. The molecule has 1 aliphatic rings. The van der Waals surface area contributed by atoms with Gasteiger partial charge >= 0.3 is 11.9 Å². The second kappa shape index (κ2) is 11.7.